The first-order valence-electron chi connectivity index (χ1n) is 10.3. The molecule has 3 rings (SSSR count). The number of carbonyl (C=O) groups excluding carboxylic acids is 2. The van der Waals surface area contributed by atoms with Crippen LogP contribution < -0.4 is 16.4 Å². The standard InChI is InChI=1S/C21H31N5O2/c1-2-23-21(24-13-15-7-9-16(10-8-15)19(22)27)25-18-11-12-26(14-18)20(28)17-5-3-4-6-17/h7-10,17-18H,2-6,11-14H2,1H3,(H2,22,27)(H2,23,24,25). The monoisotopic (exact) mass is 385 g/mol. The van der Waals surface area contributed by atoms with Gasteiger partial charge in [-0.15, -0.1) is 0 Å². The lowest BCUT2D eigenvalue weighted by molar-refractivity contribution is -0.134. The van der Waals surface area contributed by atoms with Gasteiger partial charge >= 0.3 is 0 Å². The Balaban J connectivity index is 1.54. The minimum Gasteiger partial charge on any atom is -0.366 e. The van der Waals surface area contributed by atoms with E-state index in [-0.39, 0.29) is 12.0 Å². The van der Waals surface area contributed by atoms with E-state index in [0.29, 0.717) is 18.0 Å². The van der Waals surface area contributed by atoms with Gasteiger partial charge < -0.3 is 21.3 Å². The van der Waals surface area contributed by atoms with Crippen LogP contribution >= 0.6 is 0 Å². The molecule has 1 unspecified atom stereocenters. The maximum Gasteiger partial charge on any atom is 0.248 e. The average molecular weight is 386 g/mol. The third-order valence-electron chi connectivity index (χ3n) is 5.55. The molecule has 2 fully saturated rings. The van der Waals surface area contributed by atoms with Crippen molar-refractivity contribution in [3.05, 3.63) is 35.4 Å². The van der Waals surface area contributed by atoms with Crippen LogP contribution in [0.2, 0.25) is 0 Å². The molecule has 1 aliphatic heterocycles. The van der Waals surface area contributed by atoms with Crippen LogP contribution in [0.1, 0.15) is 54.9 Å². The molecule has 1 saturated carbocycles. The Labute approximate surface area is 166 Å². The van der Waals surface area contributed by atoms with Crippen molar-refractivity contribution in [1.29, 1.82) is 0 Å². The molecular formula is C21H31N5O2. The Morgan fingerprint density at radius 2 is 1.89 bits per heavy atom. The van der Waals surface area contributed by atoms with E-state index < -0.39 is 5.91 Å². The second-order valence-corrected chi connectivity index (χ2v) is 7.65. The number of guanidine groups is 1. The fourth-order valence-corrected chi connectivity index (χ4v) is 3.97. The number of likely N-dealkylation sites (tertiary alicyclic amines) is 1. The molecule has 4 N–H and O–H groups in total. The molecule has 1 aromatic rings. The smallest absolute Gasteiger partial charge is 0.248 e. The highest BCUT2D eigenvalue weighted by Gasteiger charge is 2.32. The van der Waals surface area contributed by atoms with E-state index in [4.69, 9.17) is 5.73 Å². The molecule has 1 aliphatic carbocycles. The van der Waals surface area contributed by atoms with Crippen molar-refractivity contribution in [3.8, 4) is 0 Å². The average Bonchev–Trinajstić information content (AvgIpc) is 3.38. The lowest BCUT2D eigenvalue weighted by Gasteiger charge is -2.21. The molecule has 1 heterocycles. The third kappa shape index (κ3) is 5.24. The van der Waals surface area contributed by atoms with Crippen LogP contribution in [0.25, 0.3) is 0 Å². The molecule has 7 heteroatoms. The van der Waals surface area contributed by atoms with E-state index in [0.717, 1.165) is 50.4 Å². The largest absolute Gasteiger partial charge is 0.366 e. The summed E-state index contributed by atoms with van der Waals surface area (Å²) in [5.74, 6) is 0.895. The minimum atomic E-state index is -0.428. The second kappa shape index (κ2) is 9.57. The number of nitrogens with one attached hydrogen (secondary N) is 2. The summed E-state index contributed by atoms with van der Waals surface area (Å²) in [5.41, 5.74) is 6.78. The number of nitrogens with zero attached hydrogens (tertiary/aromatic N) is 2. The first-order valence-corrected chi connectivity index (χ1v) is 10.3. The van der Waals surface area contributed by atoms with Crippen molar-refractivity contribution >= 4 is 17.8 Å². The van der Waals surface area contributed by atoms with Crippen molar-refractivity contribution in [1.82, 2.24) is 15.5 Å². The Morgan fingerprint density at radius 1 is 1.18 bits per heavy atom. The lowest BCUT2D eigenvalue weighted by Crippen LogP contribution is -2.45. The third-order valence-corrected chi connectivity index (χ3v) is 5.55. The molecule has 0 radical (unpaired) electrons. The first kappa shape index (κ1) is 20.2. The van der Waals surface area contributed by atoms with Crippen molar-refractivity contribution in [2.24, 2.45) is 16.6 Å². The van der Waals surface area contributed by atoms with Crippen LogP contribution in [0.5, 0.6) is 0 Å². The normalized spacial score (nSPS) is 20.4. The Kier molecular flexibility index (Phi) is 6.90. The van der Waals surface area contributed by atoms with Crippen LogP contribution in [-0.4, -0.2) is 48.3 Å². The molecule has 1 atom stereocenters. The fourth-order valence-electron chi connectivity index (χ4n) is 3.97. The van der Waals surface area contributed by atoms with Gasteiger partial charge in [-0.1, -0.05) is 25.0 Å². The van der Waals surface area contributed by atoms with Crippen molar-refractivity contribution < 1.29 is 9.59 Å². The van der Waals surface area contributed by atoms with Crippen LogP contribution in [0, 0.1) is 5.92 Å². The summed E-state index contributed by atoms with van der Waals surface area (Å²) in [4.78, 5) is 30.4. The second-order valence-electron chi connectivity index (χ2n) is 7.65. The molecule has 2 amide bonds. The Morgan fingerprint density at radius 3 is 2.54 bits per heavy atom. The quantitative estimate of drug-likeness (QED) is 0.512. The van der Waals surface area contributed by atoms with E-state index in [1.165, 1.54) is 12.8 Å². The van der Waals surface area contributed by atoms with Gasteiger partial charge in [0.2, 0.25) is 11.8 Å². The molecule has 0 aromatic heterocycles. The van der Waals surface area contributed by atoms with Crippen LogP contribution in [-0.2, 0) is 11.3 Å². The maximum absolute atomic E-state index is 12.6. The van der Waals surface area contributed by atoms with Crippen molar-refractivity contribution in [3.63, 3.8) is 0 Å². The number of primary amides is 1. The molecule has 0 spiro atoms. The van der Waals surface area contributed by atoms with Crippen LogP contribution in [0.3, 0.4) is 0 Å². The van der Waals surface area contributed by atoms with Gasteiger partial charge in [0.15, 0.2) is 5.96 Å². The van der Waals surface area contributed by atoms with Gasteiger partial charge in [-0.2, -0.15) is 0 Å². The van der Waals surface area contributed by atoms with Gasteiger partial charge in [-0.05, 0) is 43.9 Å². The summed E-state index contributed by atoms with van der Waals surface area (Å²) in [6.07, 6.45) is 5.40. The zero-order valence-corrected chi connectivity index (χ0v) is 16.6. The zero-order chi connectivity index (χ0) is 19.9. The molecule has 2 aliphatic rings. The van der Waals surface area contributed by atoms with E-state index in [1.807, 2.05) is 24.0 Å². The molecule has 1 saturated heterocycles. The summed E-state index contributed by atoms with van der Waals surface area (Å²) in [7, 11) is 0. The van der Waals surface area contributed by atoms with E-state index >= 15 is 0 Å². The summed E-state index contributed by atoms with van der Waals surface area (Å²) in [6, 6.07) is 7.39. The summed E-state index contributed by atoms with van der Waals surface area (Å²) < 4.78 is 0. The van der Waals surface area contributed by atoms with Gasteiger partial charge in [0.25, 0.3) is 0 Å². The minimum absolute atomic E-state index is 0.223. The SMILES string of the molecule is CCNC(=NCc1ccc(C(N)=O)cc1)NC1CCN(C(=O)C2CCCC2)C1. The summed E-state index contributed by atoms with van der Waals surface area (Å²) >= 11 is 0. The summed E-state index contributed by atoms with van der Waals surface area (Å²) in [5, 5.41) is 6.73. The van der Waals surface area contributed by atoms with Gasteiger partial charge in [0.1, 0.15) is 0 Å². The number of nitrogens with two attached hydrogens (primary N) is 1. The Bertz CT molecular complexity index is 710. The topological polar surface area (TPSA) is 99.8 Å². The van der Waals surface area contributed by atoms with Gasteiger partial charge in [0.05, 0.1) is 6.54 Å². The molecule has 0 bridgehead atoms. The fraction of sp³-hybridized carbons (Fsp3) is 0.571. The highest BCUT2D eigenvalue weighted by atomic mass is 16.2. The number of aliphatic imine (C=N–C) groups is 1. The number of amides is 2. The van der Waals surface area contributed by atoms with Crippen LogP contribution in [0.15, 0.2) is 29.3 Å². The molecule has 7 nitrogen and oxygen atoms in total. The predicted octanol–water partition coefficient (Wildman–Crippen LogP) is 1.63. The maximum atomic E-state index is 12.6. The molecular weight excluding hydrogens is 354 g/mol. The van der Waals surface area contributed by atoms with E-state index in [9.17, 15) is 9.59 Å². The van der Waals surface area contributed by atoms with Crippen LogP contribution in [0.4, 0.5) is 0 Å². The summed E-state index contributed by atoms with van der Waals surface area (Å²) in [6.45, 7) is 4.87. The first-order chi connectivity index (χ1) is 13.6. The number of rotatable bonds is 6. The van der Waals surface area contributed by atoms with E-state index in [1.54, 1.807) is 12.1 Å². The number of benzene rings is 1. The van der Waals surface area contributed by atoms with Gasteiger partial charge in [-0.3, -0.25) is 9.59 Å². The van der Waals surface area contributed by atoms with Gasteiger partial charge in [-0.25, -0.2) is 4.99 Å². The molecule has 1 aromatic carbocycles. The number of hydrogen-bond acceptors (Lipinski definition) is 3. The zero-order valence-electron chi connectivity index (χ0n) is 16.6. The predicted molar refractivity (Wildman–Crippen MR) is 110 cm³/mol. The highest BCUT2D eigenvalue weighted by molar-refractivity contribution is 5.92. The number of carbonyl (C=O) groups is 2. The highest BCUT2D eigenvalue weighted by Crippen LogP contribution is 2.27. The lowest BCUT2D eigenvalue weighted by atomic mass is 10.1. The molecule has 152 valence electrons. The van der Waals surface area contributed by atoms with Gasteiger partial charge in [0, 0.05) is 37.2 Å². The van der Waals surface area contributed by atoms with Crippen molar-refractivity contribution in [2.45, 2.75) is 51.6 Å². The Hall–Kier alpha value is -2.57. The van der Waals surface area contributed by atoms with Crippen molar-refractivity contribution in [2.75, 3.05) is 19.6 Å². The molecule has 28 heavy (non-hydrogen) atoms. The number of hydrogen-bond donors (Lipinski definition) is 3. The van der Waals surface area contributed by atoms with E-state index in [2.05, 4.69) is 15.6 Å².